The van der Waals surface area contributed by atoms with E-state index in [-0.39, 0.29) is 48.5 Å². The summed E-state index contributed by atoms with van der Waals surface area (Å²) in [5.41, 5.74) is 2.92. The number of hydrogen-bond donors (Lipinski definition) is 2. The Bertz CT molecular complexity index is 1140. The van der Waals surface area contributed by atoms with Crippen LogP contribution in [0.3, 0.4) is 0 Å². The van der Waals surface area contributed by atoms with Crippen LogP contribution in [0.15, 0.2) is 55.3 Å². The standard InChI is InChI=1S/C26H28N2O7/c1-4-12-34-26(32)28-11-5-6-20(19-9-7-18(8-10-19)16-35-17(2)29)15-27-25(31)21-13-24(33-3)23(30)14-22(21)28/h4,7-10,13-15,30H,1,5-6,11-12,16H2,2-3H3,(H,27,31)/b20-15+. The molecule has 1 aliphatic heterocycles. The minimum absolute atomic E-state index is 0.00381. The molecule has 0 radical (unpaired) electrons. The fourth-order valence-electron chi connectivity index (χ4n) is 3.60. The number of hydrogen-bond acceptors (Lipinski definition) is 7. The predicted molar refractivity (Wildman–Crippen MR) is 130 cm³/mol. The smallest absolute Gasteiger partial charge is 0.414 e. The average Bonchev–Trinajstić information content (AvgIpc) is 2.85. The maximum absolute atomic E-state index is 13.1. The number of phenols is 1. The van der Waals surface area contributed by atoms with Gasteiger partial charge in [-0.1, -0.05) is 36.9 Å². The van der Waals surface area contributed by atoms with Gasteiger partial charge in [-0.05, 0) is 35.6 Å². The topological polar surface area (TPSA) is 114 Å². The minimum Gasteiger partial charge on any atom is -0.504 e. The molecular weight excluding hydrogens is 452 g/mol. The zero-order valence-corrected chi connectivity index (χ0v) is 19.7. The van der Waals surface area contributed by atoms with Crippen molar-refractivity contribution in [2.75, 3.05) is 25.2 Å². The number of methoxy groups -OCH3 is 1. The summed E-state index contributed by atoms with van der Waals surface area (Å²) in [6, 6.07) is 10.2. The van der Waals surface area contributed by atoms with Crippen molar-refractivity contribution in [3.63, 3.8) is 0 Å². The van der Waals surface area contributed by atoms with Gasteiger partial charge in [0.1, 0.15) is 13.2 Å². The van der Waals surface area contributed by atoms with Gasteiger partial charge in [-0.15, -0.1) is 0 Å². The van der Waals surface area contributed by atoms with Crippen LogP contribution in [0.25, 0.3) is 5.57 Å². The SMILES string of the molecule is C=CCOC(=O)N1CCC/C(c2ccc(COC(C)=O)cc2)=C\NC(=O)c2cc(OC)c(O)cc21. The quantitative estimate of drug-likeness (QED) is 0.471. The van der Waals surface area contributed by atoms with Gasteiger partial charge in [-0.2, -0.15) is 0 Å². The van der Waals surface area contributed by atoms with Crippen molar-refractivity contribution < 1.29 is 33.7 Å². The second-order valence-corrected chi connectivity index (χ2v) is 7.78. The van der Waals surface area contributed by atoms with Gasteiger partial charge in [-0.3, -0.25) is 14.5 Å². The molecule has 0 unspecified atom stereocenters. The Morgan fingerprint density at radius 3 is 2.60 bits per heavy atom. The average molecular weight is 481 g/mol. The zero-order valence-electron chi connectivity index (χ0n) is 19.7. The molecule has 0 aromatic heterocycles. The lowest BCUT2D eigenvalue weighted by molar-refractivity contribution is -0.142. The molecule has 184 valence electrons. The Balaban J connectivity index is 1.94. The molecule has 0 spiro atoms. The second kappa shape index (κ2) is 11.7. The Hall–Kier alpha value is -4.27. The first-order valence-electron chi connectivity index (χ1n) is 11.0. The Morgan fingerprint density at radius 2 is 1.94 bits per heavy atom. The number of nitrogens with one attached hydrogen (secondary N) is 1. The second-order valence-electron chi connectivity index (χ2n) is 7.78. The summed E-state index contributed by atoms with van der Waals surface area (Å²) in [5.74, 6) is -0.940. The molecule has 2 aromatic rings. The molecule has 0 fully saturated rings. The molecule has 9 heteroatoms. The maximum Gasteiger partial charge on any atom is 0.414 e. The van der Waals surface area contributed by atoms with E-state index in [0.717, 1.165) is 16.7 Å². The first kappa shape index (κ1) is 25.4. The molecular formula is C26H28N2O7. The number of amides is 2. The van der Waals surface area contributed by atoms with E-state index >= 15 is 0 Å². The van der Waals surface area contributed by atoms with Crippen molar-refractivity contribution in [3.8, 4) is 11.5 Å². The van der Waals surface area contributed by atoms with Crippen molar-refractivity contribution >= 4 is 29.2 Å². The van der Waals surface area contributed by atoms with Crippen molar-refractivity contribution in [1.29, 1.82) is 0 Å². The first-order chi connectivity index (χ1) is 16.8. The number of rotatable bonds is 6. The third kappa shape index (κ3) is 6.41. The highest BCUT2D eigenvalue weighted by Gasteiger charge is 2.26. The number of nitrogens with zero attached hydrogens (tertiary/aromatic N) is 1. The van der Waals surface area contributed by atoms with Gasteiger partial charge in [0, 0.05) is 25.7 Å². The summed E-state index contributed by atoms with van der Waals surface area (Å²) in [5, 5.41) is 13.1. The zero-order chi connectivity index (χ0) is 25.4. The van der Waals surface area contributed by atoms with Crippen LogP contribution < -0.4 is 15.0 Å². The van der Waals surface area contributed by atoms with E-state index in [1.165, 1.54) is 37.1 Å². The van der Waals surface area contributed by atoms with E-state index in [1.807, 2.05) is 24.3 Å². The fraction of sp³-hybridized carbons (Fsp3) is 0.269. The van der Waals surface area contributed by atoms with Gasteiger partial charge in [-0.25, -0.2) is 4.79 Å². The molecule has 0 atom stereocenters. The largest absolute Gasteiger partial charge is 0.504 e. The minimum atomic E-state index is -0.663. The van der Waals surface area contributed by atoms with E-state index in [4.69, 9.17) is 14.2 Å². The lowest BCUT2D eigenvalue weighted by Gasteiger charge is -2.26. The lowest BCUT2D eigenvalue weighted by Crippen LogP contribution is -2.35. The van der Waals surface area contributed by atoms with Crippen molar-refractivity contribution in [2.45, 2.75) is 26.4 Å². The van der Waals surface area contributed by atoms with E-state index in [1.54, 1.807) is 6.20 Å². The molecule has 35 heavy (non-hydrogen) atoms. The van der Waals surface area contributed by atoms with Crippen LogP contribution >= 0.6 is 0 Å². The van der Waals surface area contributed by atoms with Crippen LogP contribution in [0.4, 0.5) is 10.5 Å². The molecule has 9 nitrogen and oxygen atoms in total. The Kier molecular flexibility index (Phi) is 8.50. The van der Waals surface area contributed by atoms with E-state index in [0.29, 0.717) is 12.8 Å². The van der Waals surface area contributed by atoms with E-state index in [2.05, 4.69) is 11.9 Å². The lowest BCUT2D eigenvalue weighted by atomic mass is 9.99. The molecule has 3 rings (SSSR count). The third-order valence-electron chi connectivity index (χ3n) is 5.35. The van der Waals surface area contributed by atoms with Gasteiger partial charge in [0.05, 0.1) is 18.4 Å². The molecule has 0 saturated heterocycles. The molecule has 1 aliphatic rings. The van der Waals surface area contributed by atoms with Gasteiger partial charge < -0.3 is 24.6 Å². The highest BCUT2D eigenvalue weighted by atomic mass is 16.6. The number of benzene rings is 2. The number of carbonyl (C=O) groups excluding carboxylic acids is 3. The molecule has 2 aromatic carbocycles. The number of esters is 1. The number of phenolic OH excluding ortho intramolecular Hbond substituents is 1. The van der Waals surface area contributed by atoms with Crippen molar-refractivity contribution in [2.24, 2.45) is 0 Å². The maximum atomic E-state index is 13.1. The summed E-state index contributed by atoms with van der Waals surface area (Å²) in [4.78, 5) is 38.3. The molecule has 2 amide bonds. The fourth-order valence-corrected chi connectivity index (χ4v) is 3.60. The van der Waals surface area contributed by atoms with Crippen LogP contribution in [-0.4, -0.2) is 43.3 Å². The third-order valence-corrected chi connectivity index (χ3v) is 5.35. The van der Waals surface area contributed by atoms with Gasteiger partial charge in [0.2, 0.25) is 0 Å². The number of fused-ring (bicyclic) bond motifs is 1. The van der Waals surface area contributed by atoms with E-state index in [9.17, 15) is 19.5 Å². The summed E-state index contributed by atoms with van der Waals surface area (Å²) in [6.07, 6.45) is 3.52. The Labute approximate surface area is 203 Å². The normalized spacial score (nSPS) is 15.1. The summed E-state index contributed by atoms with van der Waals surface area (Å²) >= 11 is 0. The highest BCUT2D eigenvalue weighted by Crippen LogP contribution is 2.35. The summed E-state index contributed by atoms with van der Waals surface area (Å²) < 4.78 is 15.4. The number of anilines is 1. The summed E-state index contributed by atoms with van der Waals surface area (Å²) in [7, 11) is 1.37. The van der Waals surface area contributed by atoms with Crippen molar-refractivity contribution in [3.05, 3.63) is 71.9 Å². The number of aromatic hydroxyl groups is 1. The molecule has 2 N–H and O–H groups in total. The monoisotopic (exact) mass is 480 g/mol. The van der Waals surface area contributed by atoms with Gasteiger partial charge in [0.15, 0.2) is 11.5 Å². The van der Waals surface area contributed by atoms with Crippen molar-refractivity contribution in [1.82, 2.24) is 5.32 Å². The molecule has 0 aliphatic carbocycles. The Morgan fingerprint density at radius 1 is 1.20 bits per heavy atom. The number of allylic oxidation sites excluding steroid dienone is 1. The van der Waals surface area contributed by atoms with Crippen LogP contribution in [0.2, 0.25) is 0 Å². The van der Waals surface area contributed by atoms with Crippen LogP contribution in [-0.2, 0) is 20.9 Å². The van der Waals surface area contributed by atoms with Gasteiger partial charge >= 0.3 is 12.1 Å². The summed E-state index contributed by atoms with van der Waals surface area (Å²) in [6.45, 7) is 5.33. The van der Waals surface area contributed by atoms with Crippen LogP contribution in [0.1, 0.15) is 41.3 Å². The number of ether oxygens (including phenoxy) is 3. The number of carbonyl (C=O) groups is 3. The first-order valence-corrected chi connectivity index (χ1v) is 11.0. The predicted octanol–water partition coefficient (Wildman–Crippen LogP) is 4.16. The van der Waals surface area contributed by atoms with E-state index < -0.39 is 12.0 Å². The highest BCUT2D eigenvalue weighted by molar-refractivity contribution is 6.05. The molecule has 1 heterocycles. The van der Waals surface area contributed by atoms with Gasteiger partial charge in [0.25, 0.3) is 5.91 Å². The van der Waals surface area contributed by atoms with Crippen LogP contribution in [0.5, 0.6) is 11.5 Å². The molecule has 0 saturated carbocycles. The molecule has 0 bridgehead atoms. The van der Waals surface area contributed by atoms with Crippen LogP contribution in [0, 0.1) is 0 Å².